The van der Waals surface area contributed by atoms with Crippen molar-refractivity contribution in [2.75, 3.05) is 13.2 Å². The molecule has 2 rings (SSSR count). The minimum atomic E-state index is -0.840. The Kier molecular flexibility index (Phi) is 3.92. The van der Waals surface area contributed by atoms with Crippen LogP contribution in [0.2, 0.25) is 0 Å². The lowest BCUT2D eigenvalue weighted by molar-refractivity contribution is -0.176. The second kappa shape index (κ2) is 5.43. The van der Waals surface area contributed by atoms with Gasteiger partial charge in [-0.25, -0.2) is 0 Å². The number of ether oxygens (including phenoxy) is 2. The van der Waals surface area contributed by atoms with Gasteiger partial charge in [0.05, 0.1) is 19.6 Å². The molecule has 0 N–H and O–H groups in total. The number of hydrogen-bond donors (Lipinski definition) is 0. The van der Waals surface area contributed by atoms with Crippen molar-refractivity contribution in [1.82, 2.24) is 0 Å². The van der Waals surface area contributed by atoms with Crippen LogP contribution in [0.3, 0.4) is 0 Å². The lowest BCUT2D eigenvalue weighted by atomic mass is 9.98. The van der Waals surface area contributed by atoms with E-state index < -0.39 is 5.79 Å². The maximum absolute atomic E-state index is 11.8. The Morgan fingerprint density at radius 1 is 1.24 bits per heavy atom. The summed E-state index contributed by atoms with van der Waals surface area (Å²) in [7, 11) is 0. The summed E-state index contributed by atoms with van der Waals surface area (Å²) in [5, 5.41) is 0. The molecule has 1 aromatic carbocycles. The molecule has 1 aliphatic rings. The average Bonchev–Trinajstić information content (AvgIpc) is 2.80. The third-order valence-corrected chi connectivity index (χ3v) is 2.93. The maximum atomic E-state index is 11.8. The standard InChI is InChI=1S/C14H18O3/c1-2-6-13(15)11-14(16-9-10-17-14)12-7-4-3-5-8-12/h3-5,7-8H,2,6,9-11H2,1H3. The van der Waals surface area contributed by atoms with E-state index in [4.69, 9.17) is 9.47 Å². The molecular formula is C14H18O3. The molecule has 1 aromatic rings. The molecule has 3 heteroatoms. The number of benzene rings is 1. The molecule has 1 heterocycles. The first kappa shape index (κ1) is 12.3. The summed E-state index contributed by atoms with van der Waals surface area (Å²) in [5.41, 5.74) is 0.932. The summed E-state index contributed by atoms with van der Waals surface area (Å²) in [6.07, 6.45) is 1.76. The number of hydrogen-bond acceptors (Lipinski definition) is 3. The van der Waals surface area contributed by atoms with Gasteiger partial charge in [0, 0.05) is 12.0 Å². The van der Waals surface area contributed by atoms with Crippen LogP contribution in [0, 0.1) is 0 Å². The topological polar surface area (TPSA) is 35.5 Å². The molecule has 1 fully saturated rings. The van der Waals surface area contributed by atoms with Crippen molar-refractivity contribution in [1.29, 1.82) is 0 Å². The predicted molar refractivity (Wildman–Crippen MR) is 64.6 cm³/mol. The van der Waals surface area contributed by atoms with Gasteiger partial charge in [0.2, 0.25) is 5.79 Å². The highest BCUT2D eigenvalue weighted by Gasteiger charge is 2.40. The number of rotatable bonds is 5. The number of ketones is 1. The minimum absolute atomic E-state index is 0.193. The van der Waals surface area contributed by atoms with Crippen molar-refractivity contribution < 1.29 is 14.3 Å². The van der Waals surface area contributed by atoms with E-state index in [1.807, 2.05) is 37.3 Å². The van der Waals surface area contributed by atoms with Crippen LogP contribution in [0.15, 0.2) is 30.3 Å². The van der Waals surface area contributed by atoms with Crippen molar-refractivity contribution in [3.63, 3.8) is 0 Å². The van der Waals surface area contributed by atoms with Gasteiger partial charge in [-0.15, -0.1) is 0 Å². The Morgan fingerprint density at radius 3 is 2.47 bits per heavy atom. The normalized spacial score (nSPS) is 18.2. The van der Waals surface area contributed by atoms with Crippen LogP contribution in [0.25, 0.3) is 0 Å². The van der Waals surface area contributed by atoms with E-state index in [-0.39, 0.29) is 5.78 Å². The molecule has 0 unspecified atom stereocenters. The Balaban J connectivity index is 2.18. The van der Waals surface area contributed by atoms with Gasteiger partial charge < -0.3 is 9.47 Å². The molecule has 3 nitrogen and oxygen atoms in total. The lowest BCUT2D eigenvalue weighted by Gasteiger charge is -2.27. The van der Waals surface area contributed by atoms with Gasteiger partial charge in [0.25, 0.3) is 0 Å². The molecule has 92 valence electrons. The van der Waals surface area contributed by atoms with E-state index in [1.165, 1.54) is 0 Å². The van der Waals surface area contributed by atoms with E-state index in [0.717, 1.165) is 12.0 Å². The smallest absolute Gasteiger partial charge is 0.202 e. The van der Waals surface area contributed by atoms with Gasteiger partial charge in [-0.05, 0) is 6.42 Å². The summed E-state index contributed by atoms with van der Waals surface area (Å²) in [6.45, 7) is 3.10. The zero-order chi connectivity index (χ0) is 12.1. The Hall–Kier alpha value is -1.19. The largest absolute Gasteiger partial charge is 0.343 e. The molecule has 0 amide bonds. The molecule has 0 atom stereocenters. The highest BCUT2D eigenvalue weighted by molar-refractivity contribution is 5.79. The fourth-order valence-corrected chi connectivity index (χ4v) is 2.14. The first-order valence-electron chi connectivity index (χ1n) is 6.12. The van der Waals surface area contributed by atoms with Crippen molar-refractivity contribution >= 4 is 5.78 Å². The van der Waals surface area contributed by atoms with E-state index in [0.29, 0.717) is 26.1 Å². The van der Waals surface area contributed by atoms with Gasteiger partial charge in [-0.1, -0.05) is 37.3 Å². The second-order valence-electron chi connectivity index (χ2n) is 4.28. The van der Waals surface area contributed by atoms with E-state index in [9.17, 15) is 4.79 Å². The molecule has 1 saturated heterocycles. The van der Waals surface area contributed by atoms with Crippen molar-refractivity contribution in [2.24, 2.45) is 0 Å². The van der Waals surface area contributed by atoms with Gasteiger partial charge >= 0.3 is 0 Å². The third kappa shape index (κ3) is 2.73. The highest BCUT2D eigenvalue weighted by atomic mass is 16.7. The number of Topliss-reactive ketones (excluding diaryl/α,β-unsaturated/α-hetero) is 1. The molecule has 0 saturated carbocycles. The molecular weight excluding hydrogens is 216 g/mol. The van der Waals surface area contributed by atoms with Crippen molar-refractivity contribution in [3.8, 4) is 0 Å². The third-order valence-electron chi connectivity index (χ3n) is 2.93. The zero-order valence-electron chi connectivity index (χ0n) is 10.1. The van der Waals surface area contributed by atoms with Gasteiger partial charge in [0.15, 0.2) is 0 Å². The fourth-order valence-electron chi connectivity index (χ4n) is 2.14. The van der Waals surface area contributed by atoms with Crippen molar-refractivity contribution in [3.05, 3.63) is 35.9 Å². The van der Waals surface area contributed by atoms with Gasteiger partial charge in [-0.2, -0.15) is 0 Å². The van der Waals surface area contributed by atoms with Crippen molar-refractivity contribution in [2.45, 2.75) is 32.0 Å². The average molecular weight is 234 g/mol. The van der Waals surface area contributed by atoms with Crippen LogP contribution in [0.5, 0.6) is 0 Å². The molecule has 17 heavy (non-hydrogen) atoms. The second-order valence-corrected chi connectivity index (χ2v) is 4.28. The summed E-state index contributed by atoms with van der Waals surface area (Å²) < 4.78 is 11.4. The number of carbonyl (C=O) groups excluding carboxylic acids is 1. The van der Waals surface area contributed by atoms with Crippen LogP contribution < -0.4 is 0 Å². The van der Waals surface area contributed by atoms with E-state index in [2.05, 4.69) is 0 Å². The maximum Gasteiger partial charge on any atom is 0.202 e. The predicted octanol–water partition coefficient (Wildman–Crippen LogP) is 2.65. The summed E-state index contributed by atoms with van der Waals surface area (Å²) >= 11 is 0. The summed E-state index contributed by atoms with van der Waals surface area (Å²) in [5.74, 6) is -0.647. The van der Waals surface area contributed by atoms with Crippen LogP contribution in [0.4, 0.5) is 0 Å². The first-order chi connectivity index (χ1) is 8.27. The van der Waals surface area contributed by atoms with Gasteiger partial charge in [0.1, 0.15) is 5.78 Å². The van der Waals surface area contributed by atoms with E-state index >= 15 is 0 Å². The number of carbonyl (C=O) groups is 1. The Bertz CT molecular complexity index is 366. The van der Waals surface area contributed by atoms with Crippen LogP contribution in [-0.2, 0) is 20.1 Å². The van der Waals surface area contributed by atoms with Crippen LogP contribution in [-0.4, -0.2) is 19.0 Å². The first-order valence-corrected chi connectivity index (χ1v) is 6.12. The molecule has 0 spiro atoms. The summed E-state index contributed by atoms with van der Waals surface area (Å²) in [6, 6.07) is 9.72. The monoisotopic (exact) mass is 234 g/mol. The van der Waals surface area contributed by atoms with E-state index in [1.54, 1.807) is 0 Å². The SMILES string of the molecule is CCCC(=O)CC1(c2ccccc2)OCCO1. The molecule has 0 radical (unpaired) electrons. The molecule has 0 aromatic heterocycles. The Morgan fingerprint density at radius 2 is 1.88 bits per heavy atom. The Labute approximate surface area is 102 Å². The lowest BCUT2D eigenvalue weighted by Crippen LogP contribution is -2.30. The summed E-state index contributed by atoms with van der Waals surface area (Å²) in [4.78, 5) is 11.8. The molecule has 1 aliphatic heterocycles. The zero-order valence-corrected chi connectivity index (χ0v) is 10.1. The quantitative estimate of drug-likeness (QED) is 0.785. The molecule has 0 aliphatic carbocycles. The van der Waals surface area contributed by atoms with Gasteiger partial charge in [-0.3, -0.25) is 4.79 Å². The van der Waals surface area contributed by atoms with Crippen LogP contribution in [0.1, 0.15) is 31.7 Å². The fraction of sp³-hybridized carbons (Fsp3) is 0.500. The van der Waals surface area contributed by atoms with Crippen LogP contribution >= 0.6 is 0 Å². The highest BCUT2D eigenvalue weighted by Crippen LogP contribution is 2.35. The minimum Gasteiger partial charge on any atom is -0.343 e. The molecule has 0 bridgehead atoms.